The standard InChI is InChI=1S/C13H16ClNO4/c1-3-15(7-13(17)18)12(16)8-19-11-5-4-10(14)6-9(11)2/h4-6H,3,7-8H2,1-2H3,(H,17,18). The second-order valence-corrected chi connectivity index (χ2v) is 4.44. The molecule has 0 heterocycles. The van der Waals surface area contributed by atoms with E-state index in [-0.39, 0.29) is 19.1 Å². The zero-order chi connectivity index (χ0) is 14.4. The Kier molecular flexibility index (Phi) is 5.63. The molecule has 6 heteroatoms. The lowest BCUT2D eigenvalue weighted by Gasteiger charge is -2.19. The first-order valence-electron chi connectivity index (χ1n) is 5.82. The van der Waals surface area contributed by atoms with Gasteiger partial charge in [0.2, 0.25) is 0 Å². The van der Waals surface area contributed by atoms with Gasteiger partial charge in [0.25, 0.3) is 5.91 Å². The number of amides is 1. The molecule has 1 aromatic rings. The van der Waals surface area contributed by atoms with Crippen molar-refractivity contribution in [2.24, 2.45) is 0 Å². The predicted molar refractivity (Wildman–Crippen MR) is 71.6 cm³/mol. The van der Waals surface area contributed by atoms with Crippen molar-refractivity contribution in [3.05, 3.63) is 28.8 Å². The highest BCUT2D eigenvalue weighted by Gasteiger charge is 2.15. The van der Waals surface area contributed by atoms with E-state index in [1.165, 1.54) is 4.90 Å². The second kappa shape index (κ2) is 6.99. The van der Waals surface area contributed by atoms with Gasteiger partial charge in [-0.1, -0.05) is 11.6 Å². The number of carboxylic acid groups (broad SMARTS) is 1. The smallest absolute Gasteiger partial charge is 0.323 e. The van der Waals surface area contributed by atoms with Crippen LogP contribution in [0.1, 0.15) is 12.5 Å². The molecule has 0 bridgehead atoms. The van der Waals surface area contributed by atoms with Crippen molar-refractivity contribution in [2.75, 3.05) is 19.7 Å². The van der Waals surface area contributed by atoms with E-state index in [2.05, 4.69) is 0 Å². The van der Waals surface area contributed by atoms with E-state index in [4.69, 9.17) is 21.4 Å². The van der Waals surface area contributed by atoms with Crippen molar-refractivity contribution in [1.82, 2.24) is 4.90 Å². The Morgan fingerprint density at radius 1 is 1.42 bits per heavy atom. The Bertz CT molecular complexity index is 476. The van der Waals surface area contributed by atoms with Crippen LogP contribution in [0.2, 0.25) is 5.02 Å². The number of hydrogen-bond donors (Lipinski definition) is 1. The largest absolute Gasteiger partial charge is 0.483 e. The molecule has 0 aromatic heterocycles. The van der Waals surface area contributed by atoms with Crippen LogP contribution in [0.3, 0.4) is 0 Å². The average Bonchev–Trinajstić information content (AvgIpc) is 2.34. The number of hydrogen-bond acceptors (Lipinski definition) is 3. The molecule has 0 spiro atoms. The molecule has 0 saturated carbocycles. The molecule has 19 heavy (non-hydrogen) atoms. The van der Waals surface area contributed by atoms with Gasteiger partial charge in [-0.05, 0) is 37.6 Å². The topological polar surface area (TPSA) is 66.8 Å². The summed E-state index contributed by atoms with van der Waals surface area (Å²) in [6.45, 7) is 3.35. The Morgan fingerprint density at radius 2 is 2.11 bits per heavy atom. The molecule has 1 N–H and O–H groups in total. The summed E-state index contributed by atoms with van der Waals surface area (Å²) in [5.41, 5.74) is 0.821. The van der Waals surface area contributed by atoms with E-state index in [9.17, 15) is 9.59 Å². The van der Waals surface area contributed by atoms with E-state index < -0.39 is 5.97 Å². The van der Waals surface area contributed by atoms with Gasteiger partial charge < -0.3 is 14.7 Å². The van der Waals surface area contributed by atoms with Gasteiger partial charge in [-0.25, -0.2) is 0 Å². The summed E-state index contributed by atoms with van der Waals surface area (Å²) in [5, 5.41) is 9.27. The SMILES string of the molecule is CCN(CC(=O)O)C(=O)COc1ccc(Cl)cc1C. The fourth-order valence-electron chi connectivity index (χ4n) is 1.55. The minimum Gasteiger partial charge on any atom is -0.483 e. The van der Waals surface area contributed by atoms with Crippen LogP contribution in [0, 0.1) is 6.92 Å². The first-order chi connectivity index (χ1) is 8.93. The number of ether oxygens (including phenoxy) is 1. The summed E-state index contributed by atoms with van der Waals surface area (Å²) in [6.07, 6.45) is 0. The number of rotatable bonds is 6. The molecule has 0 aliphatic rings. The molecule has 0 unspecified atom stereocenters. The van der Waals surface area contributed by atoms with E-state index >= 15 is 0 Å². The molecule has 0 saturated heterocycles. The van der Waals surface area contributed by atoms with Crippen LogP contribution in [0.5, 0.6) is 5.75 Å². The molecule has 1 aromatic carbocycles. The quantitative estimate of drug-likeness (QED) is 0.868. The number of aryl methyl sites for hydroxylation is 1. The molecular formula is C13H16ClNO4. The van der Waals surface area contributed by atoms with Gasteiger partial charge in [0, 0.05) is 11.6 Å². The lowest BCUT2D eigenvalue weighted by atomic mass is 10.2. The number of carbonyl (C=O) groups excluding carboxylic acids is 1. The molecular weight excluding hydrogens is 270 g/mol. The molecule has 1 rings (SSSR count). The lowest BCUT2D eigenvalue weighted by molar-refractivity contribution is -0.145. The van der Waals surface area contributed by atoms with Gasteiger partial charge >= 0.3 is 5.97 Å². The molecule has 0 fully saturated rings. The third kappa shape index (κ3) is 4.79. The van der Waals surface area contributed by atoms with E-state index in [0.29, 0.717) is 17.3 Å². The number of carboxylic acids is 1. The first-order valence-corrected chi connectivity index (χ1v) is 6.20. The molecule has 0 atom stereocenters. The number of carbonyl (C=O) groups is 2. The normalized spacial score (nSPS) is 10.1. The molecule has 1 amide bonds. The van der Waals surface area contributed by atoms with Crippen LogP contribution in [0.15, 0.2) is 18.2 Å². The molecule has 5 nitrogen and oxygen atoms in total. The maximum absolute atomic E-state index is 11.8. The Balaban J connectivity index is 2.60. The van der Waals surface area contributed by atoms with Gasteiger partial charge in [0.1, 0.15) is 12.3 Å². The number of likely N-dealkylation sites (N-methyl/N-ethyl adjacent to an activating group) is 1. The third-order valence-corrected chi connectivity index (χ3v) is 2.78. The van der Waals surface area contributed by atoms with Gasteiger partial charge in [-0.15, -0.1) is 0 Å². The average molecular weight is 286 g/mol. The van der Waals surface area contributed by atoms with Crippen LogP contribution in [0.4, 0.5) is 0 Å². The summed E-state index contributed by atoms with van der Waals surface area (Å²) in [6, 6.07) is 5.08. The van der Waals surface area contributed by atoms with Crippen LogP contribution in [-0.4, -0.2) is 41.6 Å². The van der Waals surface area contributed by atoms with Crippen molar-refractivity contribution >= 4 is 23.5 Å². The van der Waals surface area contributed by atoms with Crippen molar-refractivity contribution < 1.29 is 19.4 Å². The van der Waals surface area contributed by atoms with E-state index in [0.717, 1.165) is 5.56 Å². The Labute approximate surface area is 116 Å². The number of aliphatic carboxylic acids is 1. The van der Waals surface area contributed by atoms with Crippen molar-refractivity contribution in [3.8, 4) is 5.75 Å². The van der Waals surface area contributed by atoms with Gasteiger partial charge in [-0.2, -0.15) is 0 Å². The van der Waals surface area contributed by atoms with Crippen molar-refractivity contribution in [3.63, 3.8) is 0 Å². The van der Waals surface area contributed by atoms with Crippen LogP contribution in [0.25, 0.3) is 0 Å². The van der Waals surface area contributed by atoms with E-state index in [1.54, 1.807) is 25.1 Å². The second-order valence-electron chi connectivity index (χ2n) is 4.00. The minimum atomic E-state index is -1.04. The lowest BCUT2D eigenvalue weighted by Crippen LogP contribution is -2.38. The Hall–Kier alpha value is -1.75. The highest BCUT2D eigenvalue weighted by atomic mass is 35.5. The summed E-state index contributed by atoms with van der Waals surface area (Å²) in [7, 11) is 0. The van der Waals surface area contributed by atoms with Crippen LogP contribution < -0.4 is 4.74 Å². The zero-order valence-corrected chi connectivity index (χ0v) is 11.6. The van der Waals surface area contributed by atoms with Gasteiger partial charge in [0.15, 0.2) is 6.61 Å². The first kappa shape index (κ1) is 15.3. The number of halogens is 1. The fraction of sp³-hybridized carbons (Fsp3) is 0.385. The summed E-state index contributed by atoms with van der Waals surface area (Å²) in [4.78, 5) is 23.6. The Morgan fingerprint density at radius 3 is 2.63 bits per heavy atom. The highest BCUT2D eigenvalue weighted by molar-refractivity contribution is 6.30. The molecule has 0 aliphatic heterocycles. The molecule has 0 aliphatic carbocycles. The highest BCUT2D eigenvalue weighted by Crippen LogP contribution is 2.21. The van der Waals surface area contributed by atoms with Gasteiger partial charge in [0.05, 0.1) is 0 Å². The number of nitrogens with zero attached hydrogens (tertiary/aromatic N) is 1. The van der Waals surface area contributed by atoms with E-state index in [1.807, 2.05) is 6.92 Å². The number of benzene rings is 1. The molecule has 0 radical (unpaired) electrons. The zero-order valence-electron chi connectivity index (χ0n) is 10.9. The van der Waals surface area contributed by atoms with Crippen molar-refractivity contribution in [1.29, 1.82) is 0 Å². The monoisotopic (exact) mass is 285 g/mol. The summed E-state index contributed by atoms with van der Waals surface area (Å²) < 4.78 is 5.38. The summed E-state index contributed by atoms with van der Waals surface area (Å²) >= 11 is 5.81. The van der Waals surface area contributed by atoms with Gasteiger partial charge in [-0.3, -0.25) is 9.59 Å². The van der Waals surface area contributed by atoms with Crippen LogP contribution in [-0.2, 0) is 9.59 Å². The predicted octanol–water partition coefficient (Wildman–Crippen LogP) is 1.96. The third-order valence-electron chi connectivity index (χ3n) is 2.55. The fourth-order valence-corrected chi connectivity index (χ4v) is 1.77. The van der Waals surface area contributed by atoms with Crippen LogP contribution >= 0.6 is 11.6 Å². The summed E-state index contributed by atoms with van der Waals surface area (Å²) in [5.74, 6) is -0.846. The maximum atomic E-state index is 11.8. The van der Waals surface area contributed by atoms with Crippen molar-refractivity contribution in [2.45, 2.75) is 13.8 Å². The molecule has 104 valence electrons. The maximum Gasteiger partial charge on any atom is 0.323 e. The minimum absolute atomic E-state index is 0.191.